The Morgan fingerprint density at radius 1 is 1.17 bits per heavy atom. The summed E-state index contributed by atoms with van der Waals surface area (Å²) in [5.41, 5.74) is 3.86. The Balaban J connectivity index is 1.62. The first-order chi connectivity index (χ1) is 11.0. The summed E-state index contributed by atoms with van der Waals surface area (Å²) in [6.07, 6.45) is 0.668. The van der Waals surface area contributed by atoms with Gasteiger partial charge in [-0.25, -0.2) is 0 Å². The molecule has 2 aromatic rings. The molecular weight excluding hydrogens is 286 g/mol. The number of benzene rings is 1. The van der Waals surface area contributed by atoms with Crippen LogP contribution in [0.1, 0.15) is 31.5 Å². The lowest BCUT2D eigenvalue weighted by Gasteiger charge is -2.35. The van der Waals surface area contributed by atoms with Gasteiger partial charge in [0.2, 0.25) is 5.91 Å². The number of nitrogens with one attached hydrogen (secondary N) is 1. The van der Waals surface area contributed by atoms with E-state index in [1.54, 1.807) is 0 Å². The summed E-state index contributed by atoms with van der Waals surface area (Å²) in [6.45, 7) is 11.0. The number of piperazine rings is 1. The number of fused-ring (bicyclic) bond motifs is 1. The topological polar surface area (TPSA) is 39.3 Å². The zero-order chi connectivity index (χ0) is 16.4. The molecule has 1 aliphatic heterocycles. The molecular formula is C19H27N3O. The predicted molar refractivity (Wildman–Crippen MR) is 94.3 cm³/mol. The molecule has 1 N–H and O–H groups in total. The van der Waals surface area contributed by atoms with Crippen LogP contribution in [0, 0.1) is 12.8 Å². The quantitative estimate of drug-likeness (QED) is 0.942. The molecule has 4 heteroatoms. The van der Waals surface area contributed by atoms with Crippen LogP contribution in [-0.4, -0.2) is 46.9 Å². The lowest BCUT2D eigenvalue weighted by molar-refractivity contribution is -0.133. The molecule has 0 unspecified atom stereocenters. The first-order valence-corrected chi connectivity index (χ1v) is 8.61. The van der Waals surface area contributed by atoms with Crippen LogP contribution in [-0.2, 0) is 11.3 Å². The molecule has 0 spiro atoms. The van der Waals surface area contributed by atoms with Gasteiger partial charge >= 0.3 is 0 Å². The van der Waals surface area contributed by atoms with Crippen molar-refractivity contribution < 1.29 is 4.79 Å². The largest absolute Gasteiger partial charge is 0.358 e. The monoisotopic (exact) mass is 313 g/mol. The Kier molecular flexibility index (Phi) is 4.71. The number of rotatable bonds is 4. The number of carbonyl (C=O) groups excluding carboxylic acids is 1. The van der Waals surface area contributed by atoms with Crippen molar-refractivity contribution in [2.24, 2.45) is 5.92 Å². The summed E-state index contributed by atoms with van der Waals surface area (Å²) in [5, 5.41) is 1.32. The van der Waals surface area contributed by atoms with Crippen molar-refractivity contribution >= 4 is 16.8 Å². The number of aromatic amines is 1. The van der Waals surface area contributed by atoms with Crippen molar-refractivity contribution in [2.75, 3.05) is 26.2 Å². The highest BCUT2D eigenvalue weighted by atomic mass is 16.2. The molecule has 1 aromatic heterocycles. The Bertz CT molecular complexity index is 681. The van der Waals surface area contributed by atoms with E-state index in [0.717, 1.165) is 32.7 Å². The van der Waals surface area contributed by atoms with Gasteiger partial charge in [0, 0.05) is 55.7 Å². The van der Waals surface area contributed by atoms with Crippen LogP contribution in [0.25, 0.3) is 10.9 Å². The maximum absolute atomic E-state index is 12.2. The molecule has 1 aliphatic rings. The summed E-state index contributed by atoms with van der Waals surface area (Å²) < 4.78 is 0. The van der Waals surface area contributed by atoms with Gasteiger partial charge in [0.05, 0.1) is 0 Å². The molecule has 1 saturated heterocycles. The number of aromatic nitrogens is 1. The van der Waals surface area contributed by atoms with Crippen LogP contribution in [0.5, 0.6) is 0 Å². The highest BCUT2D eigenvalue weighted by molar-refractivity contribution is 5.84. The Morgan fingerprint density at radius 3 is 2.57 bits per heavy atom. The van der Waals surface area contributed by atoms with E-state index in [4.69, 9.17) is 0 Å². The number of aryl methyl sites for hydroxylation is 1. The number of carbonyl (C=O) groups is 1. The SMILES string of the molecule is Cc1[nH]c2ccccc2c1CN1CCN(C(=O)CC(C)C)CC1. The van der Waals surface area contributed by atoms with Crippen LogP contribution >= 0.6 is 0 Å². The number of para-hydroxylation sites is 1. The molecule has 0 aliphatic carbocycles. The van der Waals surface area contributed by atoms with Crippen LogP contribution < -0.4 is 0 Å². The molecule has 1 amide bonds. The molecule has 124 valence electrons. The average molecular weight is 313 g/mol. The summed E-state index contributed by atoms with van der Waals surface area (Å²) in [4.78, 5) is 20.1. The van der Waals surface area contributed by atoms with Gasteiger partial charge < -0.3 is 9.88 Å². The maximum atomic E-state index is 12.2. The average Bonchev–Trinajstić information content (AvgIpc) is 2.83. The second-order valence-electron chi connectivity index (χ2n) is 7.03. The van der Waals surface area contributed by atoms with Gasteiger partial charge in [0.15, 0.2) is 0 Å². The number of H-pyrrole nitrogens is 1. The highest BCUT2D eigenvalue weighted by Crippen LogP contribution is 2.23. The molecule has 1 aromatic carbocycles. The summed E-state index contributed by atoms with van der Waals surface area (Å²) in [7, 11) is 0. The van der Waals surface area contributed by atoms with Crippen molar-refractivity contribution in [3.05, 3.63) is 35.5 Å². The lowest BCUT2D eigenvalue weighted by Crippen LogP contribution is -2.48. The minimum Gasteiger partial charge on any atom is -0.358 e. The van der Waals surface area contributed by atoms with E-state index in [9.17, 15) is 4.79 Å². The number of nitrogens with zero attached hydrogens (tertiary/aromatic N) is 2. The smallest absolute Gasteiger partial charge is 0.222 e. The van der Waals surface area contributed by atoms with E-state index in [1.165, 1.54) is 22.2 Å². The van der Waals surface area contributed by atoms with E-state index in [2.05, 4.69) is 54.9 Å². The van der Waals surface area contributed by atoms with Gasteiger partial charge in [-0.3, -0.25) is 9.69 Å². The third-order valence-corrected chi connectivity index (χ3v) is 4.72. The minimum atomic E-state index is 0.308. The van der Waals surface area contributed by atoms with E-state index in [0.29, 0.717) is 18.2 Å². The molecule has 2 heterocycles. The normalized spacial score (nSPS) is 16.4. The van der Waals surface area contributed by atoms with Crippen LogP contribution in [0.2, 0.25) is 0 Å². The maximum Gasteiger partial charge on any atom is 0.222 e. The van der Waals surface area contributed by atoms with Gasteiger partial charge in [-0.1, -0.05) is 32.0 Å². The lowest BCUT2D eigenvalue weighted by atomic mass is 10.1. The Labute approximate surface area is 138 Å². The van der Waals surface area contributed by atoms with Crippen molar-refractivity contribution in [1.82, 2.24) is 14.8 Å². The van der Waals surface area contributed by atoms with Gasteiger partial charge in [-0.2, -0.15) is 0 Å². The zero-order valence-electron chi connectivity index (χ0n) is 14.4. The summed E-state index contributed by atoms with van der Waals surface area (Å²) in [6, 6.07) is 8.49. The molecule has 1 fully saturated rings. The fourth-order valence-corrected chi connectivity index (χ4v) is 3.40. The predicted octanol–water partition coefficient (Wildman–Crippen LogP) is 3.17. The first kappa shape index (κ1) is 16.1. The number of hydrogen-bond donors (Lipinski definition) is 1. The summed E-state index contributed by atoms with van der Waals surface area (Å²) >= 11 is 0. The van der Waals surface area contributed by atoms with Crippen molar-refractivity contribution in [3.63, 3.8) is 0 Å². The standard InChI is InChI=1S/C19H27N3O/c1-14(2)12-19(23)22-10-8-21(9-11-22)13-17-15(3)20-18-7-5-4-6-16(17)18/h4-7,14,20H,8-13H2,1-3H3. The van der Waals surface area contributed by atoms with Gasteiger partial charge in [0.1, 0.15) is 0 Å². The van der Waals surface area contributed by atoms with Gasteiger partial charge in [-0.15, -0.1) is 0 Å². The third-order valence-electron chi connectivity index (χ3n) is 4.72. The fourth-order valence-electron chi connectivity index (χ4n) is 3.40. The van der Waals surface area contributed by atoms with E-state index in [1.807, 2.05) is 4.90 Å². The van der Waals surface area contributed by atoms with Gasteiger partial charge in [-0.05, 0) is 24.5 Å². The minimum absolute atomic E-state index is 0.308. The van der Waals surface area contributed by atoms with Crippen LogP contribution in [0.15, 0.2) is 24.3 Å². The molecule has 0 radical (unpaired) electrons. The molecule has 23 heavy (non-hydrogen) atoms. The van der Waals surface area contributed by atoms with E-state index in [-0.39, 0.29) is 0 Å². The second kappa shape index (κ2) is 6.75. The van der Waals surface area contributed by atoms with Crippen molar-refractivity contribution in [3.8, 4) is 0 Å². The Hall–Kier alpha value is -1.81. The molecule has 0 bridgehead atoms. The molecule has 0 atom stereocenters. The van der Waals surface area contributed by atoms with E-state index < -0.39 is 0 Å². The molecule has 4 nitrogen and oxygen atoms in total. The van der Waals surface area contributed by atoms with E-state index >= 15 is 0 Å². The van der Waals surface area contributed by atoms with Crippen molar-refractivity contribution in [2.45, 2.75) is 33.7 Å². The zero-order valence-corrected chi connectivity index (χ0v) is 14.4. The highest BCUT2D eigenvalue weighted by Gasteiger charge is 2.22. The summed E-state index contributed by atoms with van der Waals surface area (Å²) in [5.74, 6) is 0.748. The Morgan fingerprint density at radius 2 is 1.87 bits per heavy atom. The fraction of sp³-hybridized carbons (Fsp3) is 0.526. The first-order valence-electron chi connectivity index (χ1n) is 8.61. The van der Waals surface area contributed by atoms with Gasteiger partial charge in [0.25, 0.3) is 0 Å². The third kappa shape index (κ3) is 3.58. The second-order valence-corrected chi connectivity index (χ2v) is 7.03. The number of hydrogen-bond acceptors (Lipinski definition) is 2. The van der Waals surface area contributed by atoms with Crippen LogP contribution in [0.4, 0.5) is 0 Å². The number of amides is 1. The van der Waals surface area contributed by atoms with Crippen molar-refractivity contribution in [1.29, 1.82) is 0 Å². The molecule has 0 saturated carbocycles. The molecule has 3 rings (SSSR count). The van der Waals surface area contributed by atoms with Crippen LogP contribution in [0.3, 0.4) is 0 Å².